The summed E-state index contributed by atoms with van der Waals surface area (Å²) < 4.78 is 5.98. The molecule has 0 saturated carbocycles. The molecule has 25 heavy (non-hydrogen) atoms. The molecule has 128 valence electrons. The van der Waals surface area contributed by atoms with Crippen LogP contribution in [0.1, 0.15) is 13.8 Å². The molecule has 0 saturated heterocycles. The zero-order valence-electron chi connectivity index (χ0n) is 14.2. The van der Waals surface area contributed by atoms with E-state index in [1.54, 1.807) is 0 Å². The van der Waals surface area contributed by atoms with Gasteiger partial charge < -0.3 is 9.73 Å². The van der Waals surface area contributed by atoms with Gasteiger partial charge in [-0.2, -0.15) is 0 Å². The Morgan fingerprint density at radius 3 is 2.24 bits per heavy atom. The Morgan fingerprint density at radius 2 is 1.64 bits per heavy atom. The molecule has 0 aliphatic rings. The van der Waals surface area contributed by atoms with Crippen LogP contribution in [-0.4, -0.2) is 22.7 Å². The lowest BCUT2D eigenvalue weighted by Crippen LogP contribution is -2.31. The highest BCUT2D eigenvalue weighted by Crippen LogP contribution is 2.35. The molecule has 3 aromatic rings. The minimum Gasteiger partial charge on any atom is -0.431 e. The van der Waals surface area contributed by atoms with Gasteiger partial charge in [-0.1, -0.05) is 72.4 Å². The monoisotopic (exact) mass is 352 g/mol. The second-order valence-electron chi connectivity index (χ2n) is 5.90. The average molecular weight is 352 g/mol. The van der Waals surface area contributed by atoms with Crippen LogP contribution >= 0.6 is 11.8 Å². The first-order chi connectivity index (χ1) is 12.1. The van der Waals surface area contributed by atoms with Crippen molar-refractivity contribution in [2.75, 3.05) is 5.75 Å². The normalized spacial score (nSPS) is 10.8. The number of amides is 1. The van der Waals surface area contributed by atoms with E-state index in [-0.39, 0.29) is 17.7 Å². The first kappa shape index (κ1) is 17.3. The lowest BCUT2D eigenvalue weighted by molar-refractivity contribution is -0.119. The Bertz CT molecular complexity index is 772. The Hall–Kier alpha value is -2.53. The maximum atomic E-state index is 11.9. The molecule has 5 heteroatoms. The van der Waals surface area contributed by atoms with Crippen LogP contribution in [0.4, 0.5) is 0 Å². The van der Waals surface area contributed by atoms with E-state index in [0.717, 1.165) is 22.6 Å². The van der Waals surface area contributed by atoms with E-state index in [1.807, 2.05) is 74.5 Å². The fraction of sp³-hybridized carbons (Fsp3) is 0.200. The van der Waals surface area contributed by atoms with Gasteiger partial charge in [0.1, 0.15) is 5.69 Å². The fourth-order valence-electron chi connectivity index (χ4n) is 2.43. The summed E-state index contributed by atoms with van der Waals surface area (Å²) in [6.45, 7) is 3.88. The van der Waals surface area contributed by atoms with Crippen molar-refractivity contribution in [3.05, 3.63) is 60.7 Å². The summed E-state index contributed by atoms with van der Waals surface area (Å²) in [5.74, 6) is 0.973. The second-order valence-corrected chi connectivity index (χ2v) is 6.83. The highest BCUT2D eigenvalue weighted by molar-refractivity contribution is 7.99. The van der Waals surface area contributed by atoms with E-state index in [0.29, 0.717) is 5.22 Å². The number of carbonyl (C=O) groups is 1. The van der Waals surface area contributed by atoms with Crippen LogP contribution in [0.25, 0.3) is 22.6 Å². The standard InChI is InChI=1S/C20H20N2O2S/c1-14(2)21-17(23)13-25-20-22-18(15-9-5-3-6-10-15)19(24-20)16-11-7-4-8-12-16/h3-12,14H,13H2,1-2H3,(H,21,23). The van der Waals surface area contributed by atoms with Crippen LogP contribution in [0.3, 0.4) is 0 Å². The van der Waals surface area contributed by atoms with Gasteiger partial charge >= 0.3 is 0 Å². The third kappa shape index (κ3) is 4.51. The minimum absolute atomic E-state index is 0.0271. The topological polar surface area (TPSA) is 55.1 Å². The second kappa shape index (κ2) is 8.03. The van der Waals surface area contributed by atoms with Gasteiger partial charge in [-0.15, -0.1) is 0 Å². The third-order valence-corrected chi connectivity index (χ3v) is 4.30. The molecule has 0 radical (unpaired) electrons. The number of hydrogen-bond donors (Lipinski definition) is 1. The molecule has 3 rings (SSSR count). The number of oxazole rings is 1. The van der Waals surface area contributed by atoms with E-state index >= 15 is 0 Å². The Morgan fingerprint density at radius 1 is 1.04 bits per heavy atom. The van der Waals surface area contributed by atoms with E-state index < -0.39 is 0 Å². The highest BCUT2D eigenvalue weighted by Gasteiger charge is 2.18. The van der Waals surface area contributed by atoms with Gasteiger partial charge in [-0.25, -0.2) is 4.98 Å². The van der Waals surface area contributed by atoms with Gasteiger partial charge in [0.05, 0.1) is 5.75 Å². The average Bonchev–Trinajstić information content (AvgIpc) is 3.05. The molecule has 0 bridgehead atoms. The molecule has 1 aromatic heterocycles. The van der Waals surface area contributed by atoms with E-state index in [2.05, 4.69) is 10.3 Å². The summed E-state index contributed by atoms with van der Waals surface area (Å²) in [5.41, 5.74) is 2.74. The quantitative estimate of drug-likeness (QED) is 0.658. The van der Waals surface area contributed by atoms with Crippen LogP contribution in [0, 0.1) is 0 Å². The molecule has 0 unspecified atom stereocenters. The Balaban J connectivity index is 1.89. The van der Waals surface area contributed by atoms with Gasteiger partial charge in [0.2, 0.25) is 5.91 Å². The van der Waals surface area contributed by atoms with Gasteiger partial charge in [0.25, 0.3) is 5.22 Å². The van der Waals surface area contributed by atoms with Crippen molar-refractivity contribution >= 4 is 17.7 Å². The van der Waals surface area contributed by atoms with Crippen molar-refractivity contribution in [3.63, 3.8) is 0 Å². The predicted molar refractivity (Wildman–Crippen MR) is 101 cm³/mol. The molecule has 4 nitrogen and oxygen atoms in total. The zero-order valence-corrected chi connectivity index (χ0v) is 15.0. The summed E-state index contributed by atoms with van der Waals surface area (Å²) in [6.07, 6.45) is 0. The van der Waals surface area contributed by atoms with Crippen molar-refractivity contribution in [3.8, 4) is 22.6 Å². The van der Waals surface area contributed by atoms with Crippen LogP contribution < -0.4 is 5.32 Å². The molecule has 1 heterocycles. The summed E-state index contributed by atoms with van der Waals surface area (Å²) >= 11 is 1.31. The van der Waals surface area contributed by atoms with Gasteiger partial charge in [-0.3, -0.25) is 4.79 Å². The Labute approximate surface area is 151 Å². The maximum absolute atomic E-state index is 11.9. The molecule has 1 N–H and O–H groups in total. The van der Waals surface area contributed by atoms with Crippen molar-refractivity contribution in [1.82, 2.24) is 10.3 Å². The third-order valence-electron chi connectivity index (χ3n) is 3.47. The molecular formula is C20H20N2O2S. The van der Waals surface area contributed by atoms with Crippen LogP contribution in [0.5, 0.6) is 0 Å². The first-order valence-electron chi connectivity index (χ1n) is 8.17. The summed E-state index contributed by atoms with van der Waals surface area (Å²) in [5, 5.41) is 3.37. The molecule has 1 amide bonds. The van der Waals surface area contributed by atoms with Crippen molar-refractivity contribution in [2.24, 2.45) is 0 Å². The lowest BCUT2D eigenvalue weighted by atomic mass is 10.1. The SMILES string of the molecule is CC(C)NC(=O)CSc1nc(-c2ccccc2)c(-c2ccccc2)o1. The molecule has 0 fully saturated rings. The van der Waals surface area contributed by atoms with Crippen LogP contribution in [-0.2, 0) is 4.79 Å². The Kier molecular flexibility index (Phi) is 5.56. The molecule has 0 aliphatic carbocycles. The lowest BCUT2D eigenvalue weighted by Gasteiger charge is -2.06. The van der Waals surface area contributed by atoms with E-state index in [9.17, 15) is 4.79 Å². The van der Waals surface area contributed by atoms with Crippen molar-refractivity contribution in [1.29, 1.82) is 0 Å². The summed E-state index contributed by atoms with van der Waals surface area (Å²) in [4.78, 5) is 16.5. The molecule has 0 aliphatic heterocycles. The van der Waals surface area contributed by atoms with E-state index in [4.69, 9.17) is 4.42 Å². The van der Waals surface area contributed by atoms with Gasteiger partial charge in [-0.05, 0) is 13.8 Å². The summed E-state index contributed by atoms with van der Waals surface area (Å²) in [6, 6.07) is 19.9. The fourth-order valence-corrected chi connectivity index (χ4v) is 3.07. The number of hydrogen-bond acceptors (Lipinski definition) is 4. The van der Waals surface area contributed by atoms with Crippen molar-refractivity contribution in [2.45, 2.75) is 25.1 Å². The largest absolute Gasteiger partial charge is 0.431 e. The zero-order chi connectivity index (χ0) is 17.6. The first-order valence-corrected chi connectivity index (χ1v) is 9.16. The number of rotatable bonds is 6. The molecule has 2 aromatic carbocycles. The minimum atomic E-state index is -0.0271. The number of thioether (sulfide) groups is 1. The van der Waals surface area contributed by atoms with Gasteiger partial charge in [0, 0.05) is 17.2 Å². The number of nitrogens with zero attached hydrogens (tertiary/aromatic N) is 1. The predicted octanol–water partition coefficient (Wildman–Crippen LogP) is 4.63. The maximum Gasteiger partial charge on any atom is 0.257 e. The van der Waals surface area contributed by atoms with E-state index in [1.165, 1.54) is 11.8 Å². The molecular weight excluding hydrogens is 332 g/mol. The van der Waals surface area contributed by atoms with Crippen LogP contribution in [0.15, 0.2) is 70.3 Å². The smallest absolute Gasteiger partial charge is 0.257 e. The molecule has 0 spiro atoms. The number of aromatic nitrogens is 1. The molecule has 0 atom stereocenters. The van der Waals surface area contributed by atoms with Crippen LogP contribution in [0.2, 0.25) is 0 Å². The summed E-state index contributed by atoms with van der Waals surface area (Å²) in [7, 11) is 0. The highest BCUT2D eigenvalue weighted by atomic mass is 32.2. The van der Waals surface area contributed by atoms with Gasteiger partial charge in [0.15, 0.2) is 5.76 Å². The number of nitrogens with one attached hydrogen (secondary N) is 1. The van der Waals surface area contributed by atoms with Crippen molar-refractivity contribution < 1.29 is 9.21 Å². The number of carbonyl (C=O) groups excluding carboxylic acids is 1. The number of benzene rings is 2.